The zero-order valence-corrected chi connectivity index (χ0v) is 24.3. The molecule has 1 aromatic rings. The number of carbonyl (C=O) groups is 2. The van der Waals surface area contributed by atoms with Crippen molar-refractivity contribution < 1.29 is 22.9 Å². The van der Waals surface area contributed by atoms with E-state index in [2.05, 4.69) is 49.6 Å². The van der Waals surface area contributed by atoms with Gasteiger partial charge in [0.15, 0.2) is 11.6 Å². The number of carbonyl (C=O) groups excluding carboxylic acids is 2. The Bertz CT molecular complexity index is 1400. The fraction of sp³-hybridized carbons (Fsp3) is 0.719. The Morgan fingerprint density at radius 2 is 1.75 bits per heavy atom. The van der Waals surface area contributed by atoms with Crippen molar-refractivity contribution in [2.24, 2.45) is 45.3 Å². The van der Waals surface area contributed by atoms with Gasteiger partial charge in [-0.25, -0.2) is 13.6 Å². The second kappa shape index (κ2) is 8.42. The van der Waals surface area contributed by atoms with Crippen LogP contribution in [0.15, 0.2) is 27.9 Å². The molecule has 0 N–H and O–H groups in total. The van der Waals surface area contributed by atoms with E-state index >= 15 is 0 Å². The summed E-state index contributed by atoms with van der Waals surface area (Å²) in [6.07, 6.45) is 6.42. The number of aromatic nitrogens is 2. The summed E-state index contributed by atoms with van der Waals surface area (Å²) in [5, 5.41) is 3.62. The predicted octanol–water partition coefficient (Wildman–Crippen LogP) is 7.44. The number of halogens is 2. The van der Waals surface area contributed by atoms with Crippen LogP contribution in [-0.4, -0.2) is 21.7 Å². The van der Waals surface area contributed by atoms with Crippen LogP contribution in [0, 0.1) is 51.9 Å². The highest BCUT2D eigenvalue weighted by atomic mass is 19.3. The molecular weight excluding hydrogens is 512 g/mol. The van der Waals surface area contributed by atoms with E-state index in [1.165, 1.54) is 0 Å². The SMILES string of the molecule is [C-]#[N+]C1=C[C@]2(C)C3=CC(=O)[C@@H]4[C@@H]5CC(C)(C)CC[C@]5(c5nc(C(F)F)no5)CC[C@@]4(C)[C@]3(C)CC[C@H]2[C@H](C)C1=O. The number of rotatable bonds is 2. The van der Waals surface area contributed by atoms with Gasteiger partial charge in [0, 0.05) is 17.3 Å². The average Bonchev–Trinajstić information content (AvgIpc) is 3.39. The molecule has 5 aliphatic carbocycles. The van der Waals surface area contributed by atoms with Crippen LogP contribution in [0.25, 0.3) is 4.85 Å². The minimum Gasteiger partial charge on any atom is -0.339 e. The molecule has 40 heavy (non-hydrogen) atoms. The Balaban J connectivity index is 1.51. The quantitative estimate of drug-likeness (QED) is 0.357. The lowest BCUT2D eigenvalue weighted by atomic mass is 9.35. The largest absolute Gasteiger partial charge is 0.339 e. The van der Waals surface area contributed by atoms with Crippen LogP contribution >= 0.6 is 0 Å². The Labute approximate surface area is 234 Å². The molecule has 3 saturated carbocycles. The summed E-state index contributed by atoms with van der Waals surface area (Å²) in [6.45, 7) is 20.7. The monoisotopic (exact) mass is 551 g/mol. The molecule has 0 radical (unpaired) electrons. The van der Waals surface area contributed by atoms with Gasteiger partial charge in [0.1, 0.15) is 0 Å². The van der Waals surface area contributed by atoms with E-state index in [0.717, 1.165) is 44.1 Å². The van der Waals surface area contributed by atoms with E-state index in [9.17, 15) is 18.4 Å². The first-order chi connectivity index (χ1) is 18.6. The lowest BCUT2D eigenvalue weighted by Gasteiger charge is -2.68. The molecular formula is C32H39F2N3O3. The number of allylic oxidation sites excluding steroid dienone is 4. The standard InChI is InChI=1S/C32H39F2N3O3/c1-17-18-8-9-30(5)22(29(18,4)16-20(35-7)24(17)39)14-21(38)23-19-15-28(2,3)10-12-32(19,13-11-31(23,30)6)27-36-26(25(33)34)37-40-27/h14,16-19,23,25H,8-13,15H2,1-6H3/t17-,18-,19-,23-,29-,30+,31+,32-/m0/s1. The summed E-state index contributed by atoms with van der Waals surface area (Å²) in [5.74, 6) is -1.01. The van der Waals surface area contributed by atoms with Gasteiger partial charge in [0.2, 0.25) is 17.4 Å². The lowest BCUT2D eigenvalue weighted by molar-refractivity contribution is -0.159. The van der Waals surface area contributed by atoms with Crippen LogP contribution in [0.4, 0.5) is 8.78 Å². The molecule has 0 unspecified atom stereocenters. The predicted molar refractivity (Wildman–Crippen MR) is 144 cm³/mol. The summed E-state index contributed by atoms with van der Waals surface area (Å²) >= 11 is 0. The molecule has 3 fully saturated rings. The molecule has 0 saturated heterocycles. The lowest BCUT2D eigenvalue weighted by Crippen LogP contribution is -2.65. The van der Waals surface area contributed by atoms with Crippen molar-refractivity contribution in [3.63, 3.8) is 0 Å². The van der Waals surface area contributed by atoms with E-state index in [1.807, 2.05) is 19.1 Å². The molecule has 8 atom stereocenters. The van der Waals surface area contributed by atoms with Crippen LogP contribution in [0.5, 0.6) is 0 Å². The van der Waals surface area contributed by atoms with E-state index in [0.29, 0.717) is 6.42 Å². The van der Waals surface area contributed by atoms with E-state index in [1.54, 1.807) is 0 Å². The summed E-state index contributed by atoms with van der Waals surface area (Å²) < 4.78 is 32.6. The first-order valence-corrected chi connectivity index (χ1v) is 14.7. The average molecular weight is 552 g/mol. The number of nitrogens with zero attached hydrogens (tertiary/aromatic N) is 3. The highest BCUT2D eigenvalue weighted by Crippen LogP contribution is 2.73. The second-order valence-electron chi connectivity index (χ2n) is 14.8. The summed E-state index contributed by atoms with van der Waals surface area (Å²) in [5.41, 5.74) is -0.646. The van der Waals surface area contributed by atoms with Gasteiger partial charge in [-0.1, -0.05) is 58.3 Å². The molecule has 0 aromatic carbocycles. The highest BCUT2D eigenvalue weighted by molar-refractivity contribution is 6.01. The molecule has 0 aliphatic heterocycles. The first-order valence-electron chi connectivity index (χ1n) is 14.7. The Morgan fingerprint density at radius 3 is 2.40 bits per heavy atom. The number of Topliss-reactive ketones (excluding diaryl/α,β-unsaturated/α-hetero) is 1. The summed E-state index contributed by atoms with van der Waals surface area (Å²) in [6, 6.07) is 0. The minimum absolute atomic E-state index is 0.0147. The smallest absolute Gasteiger partial charge is 0.300 e. The van der Waals surface area contributed by atoms with Gasteiger partial charge in [0.25, 0.3) is 0 Å². The van der Waals surface area contributed by atoms with E-state index in [4.69, 9.17) is 11.1 Å². The minimum atomic E-state index is -2.81. The van der Waals surface area contributed by atoms with Crippen LogP contribution in [-0.2, 0) is 15.0 Å². The van der Waals surface area contributed by atoms with Crippen LogP contribution in [0.2, 0.25) is 0 Å². The summed E-state index contributed by atoms with van der Waals surface area (Å²) in [7, 11) is 0. The highest BCUT2D eigenvalue weighted by Gasteiger charge is 2.70. The van der Waals surface area contributed by atoms with Crippen molar-refractivity contribution in [2.45, 2.75) is 98.3 Å². The number of fused-ring (bicyclic) bond motifs is 7. The molecule has 6 nitrogen and oxygen atoms in total. The number of hydrogen-bond acceptors (Lipinski definition) is 5. The fourth-order valence-electron chi connectivity index (χ4n) is 10.1. The van der Waals surface area contributed by atoms with Gasteiger partial charge in [-0.15, -0.1) is 0 Å². The van der Waals surface area contributed by atoms with Crippen molar-refractivity contribution in [1.82, 2.24) is 10.1 Å². The molecule has 1 aromatic heterocycles. The van der Waals surface area contributed by atoms with Crippen LogP contribution in [0.3, 0.4) is 0 Å². The molecule has 0 spiro atoms. The fourth-order valence-corrected chi connectivity index (χ4v) is 10.1. The molecule has 6 rings (SSSR count). The maximum atomic E-state index is 14.5. The molecule has 5 aliphatic rings. The molecule has 0 amide bonds. The van der Waals surface area contributed by atoms with Gasteiger partial charge in [-0.3, -0.25) is 4.79 Å². The molecule has 1 heterocycles. The van der Waals surface area contributed by atoms with Crippen molar-refractivity contribution in [3.05, 3.63) is 46.6 Å². The van der Waals surface area contributed by atoms with Crippen molar-refractivity contribution in [1.29, 1.82) is 0 Å². The number of ketones is 2. The summed E-state index contributed by atoms with van der Waals surface area (Å²) in [4.78, 5) is 35.2. The second-order valence-corrected chi connectivity index (χ2v) is 14.8. The van der Waals surface area contributed by atoms with E-state index in [-0.39, 0.29) is 63.1 Å². The van der Waals surface area contributed by atoms with Gasteiger partial charge in [-0.2, -0.15) is 4.98 Å². The topological polar surface area (TPSA) is 77.4 Å². The van der Waals surface area contributed by atoms with Crippen molar-refractivity contribution >= 4 is 11.6 Å². The molecule has 0 bridgehead atoms. The Hall–Kier alpha value is -2.69. The van der Waals surface area contributed by atoms with E-state index < -0.39 is 23.1 Å². The normalized spacial score (nSPS) is 44.0. The van der Waals surface area contributed by atoms with Crippen LogP contribution in [0.1, 0.15) is 105 Å². The maximum absolute atomic E-state index is 14.5. The van der Waals surface area contributed by atoms with Gasteiger partial charge < -0.3 is 9.32 Å². The van der Waals surface area contributed by atoms with Crippen molar-refractivity contribution in [2.75, 3.05) is 0 Å². The van der Waals surface area contributed by atoms with Crippen molar-refractivity contribution in [3.8, 4) is 0 Å². The third-order valence-corrected chi connectivity index (χ3v) is 12.6. The third-order valence-electron chi connectivity index (χ3n) is 12.6. The first kappa shape index (κ1) is 27.5. The van der Waals surface area contributed by atoms with Crippen LogP contribution < -0.4 is 0 Å². The Morgan fingerprint density at radius 1 is 1.05 bits per heavy atom. The van der Waals surface area contributed by atoms with Gasteiger partial charge in [-0.05, 0) is 79.1 Å². The molecule has 8 heteroatoms. The number of alkyl halides is 2. The third kappa shape index (κ3) is 3.35. The Kier molecular flexibility index (Phi) is 5.79. The maximum Gasteiger partial charge on any atom is 0.300 e. The molecule has 214 valence electrons. The van der Waals surface area contributed by atoms with Gasteiger partial charge in [0.05, 0.1) is 12.0 Å². The van der Waals surface area contributed by atoms with Gasteiger partial charge >= 0.3 is 6.43 Å². The number of hydrogen-bond donors (Lipinski definition) is 0. The zero-order valence-electron chi connectivity index (χ0n) is 24.3. The zero-order chi connectivity index (χ0) is 29.0.